The molecule has 0 N–H and O–H groups in total. The van der Waals surface area contributed by atoms with Crippen molar-refractivity contribution >= 4 is 11.3 Å². The van der Waals surface area contributed by atoms with E-state index in [2.05, 4.69) is 4.84 Å². The summed E-state index contributed by atoms with van der Waals surface area (Å²) < 4.78 is 0. The minimum Gasteiger partial charge on any atom is -0.305 e. The Morgan fingerprint density at radius 3 is 2.83 bits per heavy atom. The van der Waals surface area contributed by atoms with Gasteiger partial charge in [-0.15, -0.1) is 21.5 Å². The normalized spacial score (nSPS) is 12.5. The lowest BCUT2D eigenvalue weighted by Crippen LogP contribution is -2.04. The number of aryl methyl sites for hydroxylation is 1. The summed E-state index contributed by atoms with van der Waals surface area (Å²) in [5, 5.41) is 11.2. The van der Waals surface area contributed by atoms with E-state index >= 15 is 0 Å². The minimum atomic E-state index is -0.764. The van der Waals surface area contributed by atoms with Crippen molar-refractivity contribution in [3.05, 3.63) is 32.0 Å². The highest BCUT2D eigenvalue weighted by molar-refractivity contribution is 7.10. The van der Waals surface area contributed by atoms with Crippen LogP contribution in [0.25, 0.3) is 0 Å². The zero-order chi connectivity index (χ0) is 9.14. The number of thiophene rings is 1. The van der Waals surface area contributed by atoms with Crippen molar-refractivity contribution in [2.75, 3.05) is 0 Å². The molecular weight excluding hydrogens is 178 g/mol. The van der Waals surface area contributed by atoms with Crippen LogP contribution in [0.4, 0.5) is 0 Å². The molecular formula is C7H9NO3S. The van der Waals surface area contributed by atoms with Crippen LogP contribution in [0.5, 0.6) is 0 Å². The third-order valence-corrected chi connectivity index (χ3v) is 2.61. The molecule has 0 bridgehead atoms. The van der Waals surface area contributed by atoms with Crippen LogP contribution in [0.15, 0.2) is 11.4 Å². The van der Waals surface area contributed by atoms with E-state index < -0.39 is 11.2 Å². The van der Waals surface area contributed by atoms with E-state index in [1.54, 1.807) is 6.92 Å². The molecule has 0 saturated heterocycles. The molecule has 0 spiro atoms. The molecule has 1 atom stereocenters. The predicted octanol–water partition coefficient (Wildman–Crippen LogP) is 2.33. The summed E-state index contributed by atoms with van der Waals surface area (Å²) in [5.41, 5.74) is 1.11. The van der Waals surface area contributed by atoms with E-state index in [1.807, 2.05) is 18.4 Å². The van der Waals surface area contributed by atoms with Gasteiger partial charge in [0.25, 0.3) is 5.09 Å². The zero-order valence-corrected chi connectivity index (χ0v) is 7.63. The SMILES string of the molecule is Cc1csc(C(C)O[N+](=O)[O-])c1. The summed E-state index contributed by atoms with van der Waals surface area (Å²) in [6.07, 6.45) is -0.460. The maximum atomic E-state index is 9.98. The Labute approximate surface area is 73.9 Å². The van der Waals surface area contributed by atoms with Gasteiger partial charge in [-0.2, -0.15) is 0 Å². The Morgan fingerprint density at radius 1 is 1.75 bits per heavy atom. The van der Waals surface area contributed by atoms with Gasteiger partial charge >= 0.3 is 0 Å². The second-order valence-electron chi connectivity index (χ2n) is 2.50. The quantitative estimate of drug-likeness (QED) is 0.539. The lowest BCUT2D eigenvalue weighted by atomic mass is 10.3. The maximum absolute atomic E-state index is 9.98. The minimum absolute atomic E-state index is 0.460. The molecule has 0 aliphatic heterocycles. The summed E-state index contributed by atoms with van der Waals surface area (Å²) in [4.78, 5) is 15.2. The topological polar surface area (TPSA) is 52.4 Å². The molecule has 0 aliphatic rings. The van der Waals surface area contributed by atoms with Crippen LogP contribution < -0.4 is 0 Å². The van der Waals surface area contributed by atoms with E-state index in [-0.39, 0.29) is 0 Å². The first-order valence-corrected chi connectivity index (χ1v) is 4.33. The van der Waals surface area contributed by atoms with E-state index in [0.717, 1.165) is 10.4 Å². The summed E-state index contributed by atoms with van der Waals surface area (Å²) >= 11 is 1.47. The van der Waals surface area contributed by atoms with Crippen molar-refractivity contribution < 1.29 is 9.92 Å². The fourth-order valence-corrected chi connectivity index (χ4v) is 1.73. The Balaban J connectivity index is 2.64. The number of rotatable bonds is 3. The van der Waals surface area contributed by atoms with Crippen LogP contribution in [-0.4, -0.2) is 5.09 Å². The summed E-state index contributed by atoms with van der Waals surface area (Å²) in [6.45, 7) is 3.60. The lowest BCUT2D eigenvalue weighted by Gasteiger charge is -2.04. The van der Waals surface area contributed by atoms with Gasteiger partial charge < -0.3 is 4.84 Å². The molecule has 0 amide bonds. The van der Waals surface area contributed by atoms with Gasteiger partial charge in [-0.3, -0.25) is 0 Å². The van der Waals surface area contributed by atoms with Crippen LogP contribution in [0.2, 0.25) is 0 Å². The highest BCUT2D eigenvalue weighted by Gasteiger charge is 2.10. The molecule has 66 valence electrons. The third-order valence-electron chi connectivity index (χ3n) is 1.40. The molecule has 4 nitrogen and oxygen atoms in total. The van der Waals surface area contributed by atoms with Gasteiger partial charge in [-0.25, -0.2) is 0 Å². The van der Waals surface area contributed by atoms with Crippen molar-refractivity contribution in [3.63, 3.8) is 0 Å². The van der Waals surface area contributed by atoms with Gasteiger partial charge in [0.05, 0.1) is 0 Å². The lowest BCUT2D eigenvalue weighted by molar-refractivity contribution is -0.769. The number of nitrogens with zero attached hydrogens (tertiary/aromatic N) is 1. The molecule has 1 aromatic heterocycles. The van der Waals surface area contributed by atoms with Crippen LogP contribution in [-0.2, 0) is 4.84 Å². The molecule has 1 heterocycles. The van der Waals surface area contributed by atoms with Gasteiger partial charge in [0.1, 0.15) is 6.10 Å². The van der Waals surface area contributed by atoms with Gasteiger partial charge in [-0.1, -0.05) is 0 Å². The van der Waals surface area contributed by atoms with E-state index in [9.17, 15) is 10.1 Å². The van der Waals surface area contributed by atoms with E-state index in [0.29, 0.717) is 0 Å². The first-order chi connectivity index (χ1) is 5.59. The fraction of sp³-hybridized carbons (Fsp3) is 0.429. The maximum Gasteiger partial charge on any atom is 0.295 e. The Morgan fingerprint density at radius 2 is 2.42 bits per heavy atom. The second-order valence-corrected chi connectivity index (χ2v) is 3.44. The molecule has 12 heavy (non-hydrogen) atoms. The highest BCUT2D eigenvalue weighted by atomic mass is 32.1. The molecule has 0 radical (unpaired) electrons. The van der Waals surface area contributed by atoms with Crippen molar-refractivity contribution in [2.24, 2.45) is 0 Å². The van der Waals surface area contributed by atoms with Crippen molar-refractivity contribution in [1.29, 1.82) is 0 Å². The predicted molar refractivity (Wildman–Crippen MR) is 45.6 cm³/mol. The largest absolute Gasteiger partial charge is 0.305 e. The molecule has 5 heteroatoms. The third kappa shape index (κ3) is 2.20. The molecule has 1 rings (SSSR count). The van der Waals surface area contributed by atoms with E-state index in [1.165, 1.54) is 11.3 Å². The van der Waals surface area contributed by atoms with Gasteiger partial charge in [0.2, 0.25) is 0 Å². The van der Waals surface area contributed by atoms with Gasteiger partial charge in [0.15, 0.2) is 0 Å². The fourth-order valence-electron chi connectivity index (χ4n) is 0.848. The Hall–Kier alpha value is -1.10. The Bertz CT molecular complexity index is 284. The monoisotopic (exact) mass is 187 g/mol. The van der Waals surface area contributed by atoms with Crippen LogP contribution >= 0.6 is 11.3 Å². The average Bonchev–Trinajstić information content (AvgIpc) is 2.34. The van der Waals surface area contributed by atoms with Crippen molar-refractivity contribution in [1.82, 2.24) is 0 Å². The number of hydrogen-bond donors (Lipinski definition) is 0. The highest BCUT2D eigenvalue weighted by Crippen LogP contribution is 2.23. The molecule has 0 aliphatic carbocycles. The van der Waals surface area contributed by atoms with Crippen LogP contribution in [0.3, 0.4) is 0 Å². The second kappa shape index (κ2) is 3.53. The smallest absolute Gasteiger partial charge is 0.295 e. The van der Waals surface area contributed by atoms with Crippen molar-refractivity contribution in [2.45, 2.75) is 20.0 Å². The van der Waals surface area contributed by atoms with E-state index in [4.69, 9.17) is 0 Å². The van der Waals surface area contributed by atoms with Crippen molar-refractivity contribution in [3.8, 4) is 0 Å². The summed E-state index contributed by atoms with van der Waals surface area (Å²) in [7, 11) is 0. The Kier molecular flexibility index (Phi) is 2.65. The first kappa shape index (κ1) is 8.99. The number of hydrogen-bond acceptors (Lipinski definition) is 4. The molecule has 1 unspecified atom stereocenters. The molecule has 0 saturated carbocycles. The summed E-state index contributed by atoms with van der Waals surface area (Å²) in [6, 6.07) is 1.89. The molecule has 0 fully saturated rings. The molecule has 0 aromatic carbocycles. The average molecular weight is 187 g/mol. The molecule has 1 aromatic rings. The van der Waals surface area contributed by atoms with Crippen LogP contribution in [0.1, 0.15) is 23.5 Å². The van der Waals surface area contributed by atoms with Crippen LogP contribution in [0, 0.1) is 17.0 Å². The van der Waals surface area contributed by atoms with Gasteiger partial charge in [0, 0.05) is 4.88 Å². The zero-order valence-electron chi connectivity index (χ0n) is 6.81. The first-order valence-electron chi connectivity index (χ1n) is 3.46. The standard InChI is InChI=1S/C7H9NO3S/c1-5-3-7(12-4-5)6(2)11-8(9)10/h3-4,6H,1-2H3. The summed E-state index contributed by atoms with van der Waals surface area (Å²) in [5.74, 6) is 0. The van der Waals surface area contributed by atoms with Gasteiger partial charge in [-0.05, 0) is 30.9 Å².